The molecule has 0 radical (unpaired) electrons. The van der Waals surface area contributed by atoms with Gasteiger partial charge in [0.05, 0.1) is 12.1 Å². The molecule has 1 aromatic carbocycles. The molecule has 0 saturated carbocycles. The summed E-state index contributed by atoms with van der Waals surface area (Å²) in [4.78, 5) is 17.7. The molecule has 1 heterocycles. The maximum atomic E-state index is 12.7. The normalized spacial score (nSPS) is 11.6. The molecule has 0 saturated heterocycles. The summed E-state index contributed by atoms with van der Waals surface area (Å²) in [5.41, 5.74) is 0.782. The predicted octanol–water partition coefficient (Wildman–Crippen LogP) is 3.48. The maximum Gasteiger partial charge on any atom is 0.416 e. The van der Waals surface area contributed by atoms with E-state index in [1.54, 1.807) is 30.3 Å². The second-order valence-corrected chi connectivity index (χ2v) is 5.64. The minimum absolute atomic E-state index is 0.0474. The van der Waals surface area contributed by atoms with Gasteiger partial charge >= 0.3 is 6.18 Å². The van der Waals surface area contributed by atoms with E-state index in [4.69, 9.17) is 0 Å². The zero-order valence-corrected chi connectivity index (χ0v) is 13.4. The van der Waals surface area contributed by atoms with Crippen molar-refractivity contribution >= 4 is 11.7 Å². The molecule has 4 nitrogen and oxygen atoms in total. The molecule has 0 spiro atoms. The van der Waals surface area contributed by atoms with Crippen molar-refractivity contribution in [3.8, 4) is 0 Å². The van der Waals surface area contributed by atoms with E-state index >= 15 is 0 Å². The Morgan fingerprint density at radius 3 is 2.62 bits per heavy atom. The van der Waals surface area contributed by atoms with Crippen LogP contribution in [0.1, 0.15) is 16.7 Å². The molecule has 0 unspecified atom stereocenters. The molecule has 0 aliphatic rings. The lowest BCUT2D eigenvalue weighted by molar-refractivity contribution is -0.137. The van der Waals surface area contributed by atoms with Crippen molar-refractivity contribution in [2.75, 3.05) is 18.9 Å². The topological polar surface area (TPSA) is 45.2 Å². The molecule has 1 N–H and O–H groups in total. The van der Waals surface area contributed by atoms with Crippen LogP contribution in [0, 0.1) is 6.92 Å². The Morgan fingerprint density at radius 1 is 1.25 bits per heavy atom. The number of nitrogens with one attached hydrogen (secondary N) is 1. The number of benzene rings is 1. The highest BCUT2D eigenvalue weighted by Gasteiger charge is 2.30. The summed E-state index contributed by atoms with van der Waals surface area (Å²) in [7, 11) is 1.67. The SMILES string of the molecule is Cc1ccc(NC(=O)CN(C)Cc2cccc(C(F)(F)F)c2)nc1. The number of hydrogen-bond acceptors (Lipinski definition) is 3. The lowest BCUT2D eigenvalue weighted by Crippen LogP contribution is -2.30. The first kappa shape index (κ1) is 17.9. The van der Waals surface area contributed by atoms with E-state index in [0.29, 0.717) is 11.4 Å². The van der Waals surface area contributed by atoms with Crippen molar-refractivity contribution in [2.24, 2.45) is 0 Å². The third-order valence-corrected chi connectivity index (χ3v) is 3.30. The molecule has 1 aromatic heterocycles. The van der Waals surface area contributed by atoms with Crippen LogP contribution in [-0.2, 0) is 17.5 Å². The molecule has 128 valence electrons. The molecular formula is C17H18F3N3O. The smallest absolute Gasteiger partial charge is 0.310 e. The number of pyridine rings is 1. The first-order valence-corrected chi connectivity index (χ1v) is 7.31. The third kappa shape index (κ3) is 5.34. The van der Waals surface area contributed by atoms with E-state index in [1.165, 1.54) is 6.07 Å². The van der Waals surface area contributed by atoms with Crippen molar-refractivity contribution in [2.45, 2.75) is 19.6 Å². The lowest BCUT2D eigenvalue weighted by atomic mass is 10.1. The van der Waals surface area contributed by atoms with E-state index < -0.39 is 11.7 Å². The number of amides is 1. The average Bonchev–Trinajstić information content (AvgIpc) is 2.49. The van der Waals surface area contributed by atoms with Crippen LogP contribution in [0.4, 0.5) is 19.0 Å². The molecule has 2 rings (SSSR count). The number of aromatic nitrogens is 1. The van der Waals surface area contributed by atoms with E-state index in [0.717, 1.165) is 17.7 Å². The summed E-state index contributed by atoms with van der Waals surface area (Å²) in [5, 5.41) is 2.65. The molecular weight excluding hydrogens is 319 g/mol. The largest absolute Gasteiger partial charge is 0.416 e. The average molecular weight is 337 g/mol. The number of halogens is 3. The Balaban J connectivity index is 1.92. The van der Waals surface area contributed by atoms with Gasteiger partial charge in [0.25, 0.3) is 0 Å². The van der Waals surface area contributed by atoms with E-state index in [9.17, 15) is 18.0 Å². The van der Waals surface area contributed by atoms with Gasteiger partial charge in [-0.3, -0.25) is 9.69 Å². The predicted molar refractivity (Wildman–Crippen MR) is 85.4 cm³/mol. The quantitative estimate of drug-likeness (QED) is 0.908. The lowest BCUT2D eigenvalue weighted by Gasteiger charge is -2.17. The Morgan fingerprint density at radius 2 is 2.00 bits per heavy atom. The number of likely N-dealkylation sites (N-methyl/N-ethyl adjacent to an activating group) is 1. The van der Waals surface area contributed by atoms with Crippen LogP contribution in [-0.4, -0.2) is 29.4 Å². The van der Waals surface area contributed by atoms with Crippen molar-refractivity contribution < 1.29 is 18.0 Å². The number of alkyl halides is 3. The van der Waals surface area contributed by atoms with Crippen molar-refractivity contribution in [1.29, 1.82) is 0 Å². The standard InChI is InChI=1S/C17H18F3N3O/c1-12-6-7-15(21-9-12)22-16(24)11-23(2)10-13-4-3-5-14(8-13)17(18,19)20/h3-9H,10-11H2,1-2H3,(H,21,22,24). The molecule has 7 heteroatoms. The number of nitrogens with zero attached hydrogens (tertiary/aromatic N) is 2. The summed E-state index contributed by atoms with van der Waals surface area (Å²) in [6.07, 6.45) is -2.73. The molecule has 0 atom stereocenters. The van der Waals surface area contributed by atoms with Gasteiger partial charge in [-0.05, 0) is 37.2 Å². The van der Waals surface area contributed by atoms with Crippen LogP contribution >= 0.6 is 0 Å². The van der Waals surface area contributed by atoms with Gasteiger partial charge in [0.1, 0.15) is 5.82 Å². The summed E-state index contributed by atoms with van der Waals surface area (Å²) >= 11 is 0. The number of carbonyl (C=O) groups is 1. The van der Waals surface area contributed by atoms with Crippen LogP contribution in [0.3, 0.4) is 0 Å². The molecule has 1 amide bonds. The maximum absolute atomic E-state index is 12.7. The van der Waals surface area contributed by atoms with E-state index in [2.05, 4.69) is 10.3 Å². The van der Waals surface area contributed by atoms with Crippen LogP contribution < -0.4 is 5.32 Å². The Kier molecular flexibility index (Phi) is 5.56. The van der Waals surface area contributed by atoms with Crippen LogP contribution in [0.15, 0.2) is 42.6 Å². The van der Waals surface area contributed by atoms with E-state index in [-0.39, 0.29) is 19.0 Å². The fourth-order valence-electron chi connectivity index (χ4n) is 2.18. The Hall–Kier alpha value is -2.41. The molecule has 0 aliphatic carbocycles. The minimum atomic E-state index is -4.37. The summed E-state index contributed by atoms with van der Waals surface area (Å²) in [5.74, 6) is 0.166. The number of hydrogen-bond donors (Lipinski definition) is 1. The van der Waals surface area contributed by atoms with Crippen molar-refractivity contribution in [1.82, 2.24) is 9.88 Å². The first-order chi connectivity index (χ1) is 11.2. The van der Waals surface area contributed by atoms with Crippen molar-refractivity contribution in [3.05, 3.63) is 59.3 Å². The summed E-state index contributed by atoms with van der Waals surface area (Å²) < 4.78 is 38.1. The second kappa shape index (κ2) is 7.44. The highest BCUT2D eigenvalue weighted by atomic mass is 19.4. The Bertz CT molecular complexity index is 699. The molecule has 0 aliphatic heterocycles. The molecule has 0 bridgehead atoms. The zero-order valence-electron chi connectivity index (χ0n) is 13.4. The highest BCUT2D eigenvalue weighted by molar-refractivity contribution is 5.91. The zero-order chi connectivity index (χ0) is 17.7. The summed E-state index contributed by atoms with van der Waals surface area (Å²) in [6, 6.07) is 8.61. The van der Waals surface area contributed by atoms with E-state index in [1.807, 2.05) is 13.0 Å². The van der Waals surface area contributed by atoms with Gasteiger partial charge in [-0.25, -0.2) is 4.98 Å². The van der Waals surface area contributed by atoms with Gasteiger partial charge in [0.15, 0.2) is 0 Å². The second-order valence-electron chi connectivity index (χ2n) is 5.64. The first-order valence-electron chi connectivity index (χ1n) is 7.31. The number of aryl methyl sites for hydroxylation is 1. The summed E-state index contributed by atoms with van der Waals surface area (Å²) in [6.45, 7) is 2.17. The van der Waals surface area contributed by atoms with Crippen LogP contribution in [0.5, 0.6) is 0 Å². The van der Waals surface area contributed by atoms with Crippen LogP contribution in [0.25, 0.3) is 0 Å². The van der Waals surface area contributed by atoms with Gasteiger partial charge in [-0.1, -0.05) is 24.3 Å². The van der Waals surface area contributed by atoms with Gasteiger partial charge < -0.3 is 5.32 Å². The monoisotopic (exact) mass is 337 g/mol. The number of rotatable bonds is 5. The third-order valence-electron chi connectivity index (χ3n) is 3.30. The van der Waals surface area contributed by atoms with Gasteiger partial charge in [-0.2, -0.15) is 13.2 Å². The van der Waals surface area contributed by atoms with Gasteiger partial charge in [-0.15, -0.1) is 0 Å². The van der Waals surface area contributed by atoms with Gasteiger partial charge in [0, 0.05) is 12.7 Å². The highest BCUT2D eigenvalue weighted by Crippen LogP contribution is 2.29. The molecule has 24 heavy (non-hydrogen) atoms. The number of carbonyl (C=O) groups excluding carboxylic acids is 1. The van der Waals surface area contributed by atoms with Crippen molar-refractivity contribution in [3.63, 3.8) is 0 Å². The fourth-order valence-corrected chi connectivity index (χ4v) is 2.18. The molecule has 0 fully saturated rings. The Labute approximate surface area is 138 Å². The minimum Gasteiger partial charge on any atom is -0.310 e. The number of anilines is 1. The van der Waals surface area contributed by atoms with Crippen LogP contribution in [0.2, 0.25) is 0 Å². The molecule has 2 aromatic rings. The van der Waals surface area contributed by atoms with Gasteiger partial charge in [0.2, 0.25) is 5.91 Å². The fraction of sp³-hybridized carbons (Fsp3) is 0.294.